The fraction of sp³-hybridized carbons (Fsp3) is 0. The molecular weight excluding hydrogens is 325 g/mol. The van der Waals surface area contributed by atoms with Crippen LogP contribution >= 0.6 is 0 Å². The van der Waals surface area contributed by atoms with Crippen LogP contribution in [0.2, 0.25) is 0 Å². The highest BCUT2D eigenvalue weighted by molar-refractivity contribution is 5.86. The number of fused-ring (bicyclic) bond motifs is 1. The zero-order valence-electron chi connectivity index (χ0n) is 12.8. The van der Waals surface area contributed by atoms with Crippen LogP contribution in [0.25, 0.3) is 16.9 Å². The largest absolute Gasteiger partial charge is 0.508 e. The molecular formula is C17H12FN5O2. The van der Waals surface area contributed by atoms with Crippen LogP contribution in [0.5, 0.6) is 5.75 Å². The molecule has 0 bridgehead atoms. The van der Waals surface area contributed by atoms with Gasteiger partial charge < -0.3 is 15.4 Å². The van der Waals surface area contributed by atoms with Gasteiger partial charge in [-0.1, -0.05) is 12.1 Å². The summed E-state index contributed by atoms with van der Waals surface area (Å²) < 4.78 is 14.8. The van der Waals surface area contributed by atoms with Crippen molar-refractivity contribution in [2.24, 2.45) is 0 Å². The molecule has 2 aromatic heterocycles. The number of H-pyrrole nitrogens is 1. The third-order valence-electron chi connectivity index (χ3n) is 3.65. The zero-order valence-corrected chi connectivity index (χ0v) is 12.8. The molecule has 25 heavy (non-hydrogen) atoms. The van der Waals surface area contributed by atoms with E-state index in [-0.39, 0.29) is 5.75 Å². The number of aromatic hydroxyl groups is 1. The number of aromatic amines is 1. The lowest BCUT2D eigenvalue weighted by Crippen LogP contribution is -2.15. The van der Waals surface area contributed by atoms with E-state index in [0.29, 0.717) is 28.4 Å². The molecule has 0 atom stereocenters. The SMILES string of the molecule is O=c1[nH]c2c(Nc3cccc(O)c3)ncnc2n1-c1cccc(F)c1. The number of rotatable bonds is 3. The monoisotopic (exact) mass is 337 g/mol. The highest BCUT2D eigenvalue weighted by atomic mass is 19.1. The van der Waals surface area contributed by atoms with Gasteiger partial charge >= 0.3 is 5.69 Å². The Kier molecular flexibility index (Phi) is 3.42. The summed E-state index contributed by atoms with van der Waals surface area (Å²) in [5.74, 6) is 0.00916. The molecule has 0 saturated carbocycles. The minimum absolute atomic E-state index is 0.0983. The first-order valence-electron chi connectivity index (χ1n) is 7.39. The molecule has 8 heteroatoms. The molecule has 0 aliphatic rings. The van der Waals surface area contributed by atoms with Crippen LogP contribution in [0.1, 0.15) is 0 Å². The van der Waals surface area contributed by atoms with E-state index in [1.807, 2.05) is 0 Å². The molecule has 0 unspecified atom stereocenters. The van der Waals surface area contributed by atoms with Crippen molar-refractivity contribution in [3.63, 3.8) is 0 Å². The summed E-state index contributed by atoms with van der Waals surface area (Å²) in [5.41, 5.74) is 1.19. The van der Waals surface area contributed by atoms with Crippen LogP contribution in [0, 0.1) is 5.82 Å². The smallest absolute Gasteiger partial charge is 0.332 e. The molecule has 2 aromatic carbocycles. The summed E-state index contributed by atoms with van der Waals surface area (Å²) in [6, 6.07) is 12.2. The number of nitrogens with one attached hydrogen (secondary N) is 2. The molecule has 124 valence electrons. The van der Waals surface area contributed by atoms with Crippen molar-refractivity contribution in [2.75, 3.05) is 5.32 Å². The summed E-state index contributed by atoms with van der Waals surface area (Å²) in [7, 11) is 0. The van der Waals surface area contributed by atoms with Gasteiger partial charge in [0.25, 0.3) is 0 Å². The molecule has 3 N–H and O–H groups in total. The first-order valence-corrected chi connectivity index (χ1v) is 7.39. The topological polar surface area (TPSA) is 95.8 Å². The van der Waals surface area contributed by atoms with Gasteiger partial charge in [-0.3, -0.25) is 0 Å². The second-order valence-corrected chi connectivity index (χ2v) is 5.34. The lowest BCUT2D eigenvalue weighted by molar-refractivity contribution is 0.475. The maximum absolute atomic E-state index is 13.5. The maximum atomic E-state index is 13.5. The van der Waals surface area contributed by atoms with Crippen molar-refractivity contribution in [1.82, 2.24) is 19.5 Å². The van der Waals surface area contributed by atoms with Crippen molar-refractivity contribution >= 4 is 22.7 Å². The van der Waals surface area contributed by atoms with Gasteiger partial charge in [0.2, 0.25) is 0 Å². The first kappa shape index (κ1) is 14.9. The van der Waals surface area contributed by atoms with E-state index < -0.39 is 11.5 Å². The fourth-order valence-corrected chi connectivity index (χ4v) is 2.59. The number of hydrogen-bond donors (Lipinski definition) is 3. The average molecular weight is 337 g/mol. The van der Waals surface area contributed by atoms with Gasteiger partial charge in [-0.05, 0) is 30.3 Å². The van der Waals surface area contributed by atoms with Crippen LogP contribution in [0.15, 0.2) is 59.7 Å². The van der Waals surface area contributed by atoms with E-state index in [1.165, 1.54) is 35.2 Å². The minimum Gasteiger partial charge on any atom is -0.508 e. The van der Waals surface area contributed by atoms with E-state index in [0.717, 1.165) is 0 Å². The minimum atomic E-state index is -0.458. The van der Waals surface area contributed by atoms with Gasteiger partial charge in [-0.15, -0.1) is 0 Å². The molecule has 0 aliphatic carbocycles. The van der Waals surface area contributed by atoms with Gasteiger partial charge in [0.15, 0.2) is 11.5 Å². The highest BCUT2D eigenvalue weighted by Gasteiger charge is 2.14. The van der Waals surface area contributed by atoms with Crippen LogP contribution in [0.3, 0.4) is 0 Å². The Balaban J connectivity index is 1.86. The van der Waals surface area contributed by atoms with Crippen LogP contribution in [-0.4, -0.2) is 24.6 Å². The number of benzene rings is 2. The molecule has 0 radical (unpaired) electrons. The predicted octanol–water partition coefficient (Wildman–Crippen LogP) is 2.70. The summed E-state index contributed by atoms with van der Waals surface area (Å²) in [4.78, 5) is 23.3. The Bertz CT molecular complexity index is 1140. The molecule has 0 spiro atoms. The van der Waals surface area contributed by atoms with Crippen molar-refractivity contribution < 1.29 is 9.50 Å². The average Bonchev–Trinajstić information content (AvgIpc) is 2.92. The standard InChI is InChI=1S/C17H12FN5O2/c18-10-3-1-5-12(7-10)23-16-14(22-17(23)25)15(19-9-20-16)21-11-4-2-6-13(24)8-11/h1-9,24H,(H,22,25)(H,19,20,21). The predicted molar refractivity (Wildman–Crippen MR) is 90.8 cm³/mol. The van der Waals surface area contributed by atoms with Crippen molar-refractivity contribution in [1.29, 1.82) is 0 Å². The molecule has 7 nitrogen and oxygen atoms in total. The number of imidazole rings is 1. The molecule has 4 aromatic rings. The number of phenols is 1. The Morgan fingerprint density at radius 1 is 1.12 bits per heavy atom. The number of halogens is 1. The zero-order chi connectivity index (χ0) is 17.4. The molecule has 0 aliphatic heterocycles. The second-order valence-electron chi connectivity index (χ2n) is 5.34. The van der Waals surface area contributed by atoms with Crippen LogP contribution in [0.4, 0.5) is 15.9 Å². The summed E-state index contributed by atoms with van der Waals surface area (Å²) in [5, 5.41) is 12.6. The lowest BCUT2D eigenvalue weighted by Gasteiger charge is -2.07. The summed E-state index contributed by atoms with van der Waals surface area (Å²) in [6.45, 7) is 0. The number of anilines is 2. The third-order valence-corrected chi connectivity index (χ3v) is 3.65. The third kappa shape index (κ3) is 2.69. The second kappa shape index (κ2) is 5.75. The number of hydrogen-bond acceptors (Lipinski definition) is 5. The lowest BCUT2D eigenvalue weighted by atomic mass is 10.3. The quantitative estimate of drug-likeness (QED) is 0.534. The van der Waals surface area contributed by atoms with E-state index in [9.17, 15) is 14.3 Å². The number of nitrogens with zero attached hydrogens (tertiary/aromatic N) is 3. The van der Waals surface area contributed by atoms with Gasteiger partial charge in [0, 0.05) is 11.8 Å². The Hall–Kier alpha value is -3.68. The molecule has 2 heterocycles. The normalized spacial score (nSPS) is 10.9. The highest BCUT2D eigenvalue weighted by Crippen LogP contribution is 2.24. The number of aromatic nitrogens is 4. The maximum Gasteiger partial charge on any atom is 0.332 e. The van der Waals surface area contributed by atoms with Crippen molar-refractivity contribution in [3.05, 3.63) is 71.2 Å². The van der Waals surface area contributed by atoms with Crippen LogP contribution < -0.4 is 11.0 Å². The van der Waals surface area contributed by atoms with E-state index >= 15 is 0 Å². The Labute approximate surface area is 140 Å². The van der Waals surface area contributed by atoms with Crippen molar-refractivity contribution in [3.8, 4) is 11.4 Å². The molecule has 0 amide bonds. The number of phenolic OH excluding ortho intramolecular Hbond substituents is 1. The summed E-state index contributed by atoms with van der Waals surface area (Å²) >= 11 is 0. The molecule has 0 fully saturated rings. The fourth-order valence-electron chi connectivity index (χ4n) is 2.59. The van der Waals surface area contributed by atoms with E-state index in [2.05, 4.69) is 20.3 Å². The summed E-state index contributed by atoms with van der Waals surface area (Å²) in [6.07, 6.45) is 1.30. The van der Waals surface area contributed by atoms with Gasteiger partial charge in [0.05, 0.1) is 5.69 Å². The van der Waals surface area contributed by atoms with Crippen LogP contribution in [-0.2, 0) is 0 Å². The van der Waals surface area contributed by atoms with E-state index in [1.54, 1.807) is 24.3 Å². The van der Waals surface area contributed by atoms with Gasteiger partial charge in [0.1, 0.15) is 23.4 Å². The van der Waals surface area contributed by atoms with Gasteiger partial charge in [-0.2, -0.15) is 0 Å². The molecule has 4 rings (SSSR count). The van der Waals surface area contributed by atoms with Gasteiger partial charge in [-0.25, -0.2) is 23.7 Å². The van der Waals surface area contributed by atoms with E-state index in [4.69, 9.17) is 0 Å². The molecule has 0 saturated heterocycles. The Morgan fingerprint density at radius 2 is 1.96 bits per heavy atom. The van der Waals surface area contributed by atoms with Crippen molar-refractivity contribution in [2.45, 2.75) is 0 Å². The first-order chi connectivity index (χ1) is 12.1. The Morgan fingerprint density at radius 3 is 2.76 bits per heavy atom.